The summed E-state index contributed by atoms with van der Waals surface area (Å²) in [6, 6.07) is 6.48. The molecule has 0 saturated carbocycles. The molecule has 8 nitrogen and oxygen atoms in total. The first-order valence-electron chi connectivity index (χ1n) is 8.14. The average Bonchev–Trinajstić information content (AvgIpc) is 2.62. The van der Waals surface area contributed by atoms with E-state index in [-0.39, 0.29) is 17.9 Å². The molecule has 0 bridgehead atoms. The van der Waals surface area contributed by atoms with Crippen molar-refractivity contribution < 1.29 is 23.9 Å². The molecule has 0 radical (unpaired) electrons. The van der Waals surface area contributed by atoms with Gasteiger partial charge < -0.3 is 20.1 Å². The molecule has 2 rings (SSSR count). The van der Waals surface area contributed by atoms with Crippen LogP contribution in [0.15, 0.2) is 24.3 Å². The van der Waals surface area contributed by atoms with E-state index < -0.39 is 11.9 Å². The lowest BCUT2D eigenvalue weighted by Gasteiger charge is -2.26. The van der Waals surface area contributed by atoms with Crippen molar-refractivity contribution in [3.05, 3.63) is 29.8 Å². The van der Waals surface area contributed by atoms with Gasteiger partial charge in [0.1, 0.15) is 6.42 Å². The maximum Gasteiger partial charge on any atom is 0.339 e. The smallest absolute Gasteiger partial charge is 0.339 e. The third-order valence-electron chi connectivity index (χ3n) is 3.78. The second-order valence-corrected chi connectivity index (χ2v) is 5.57. The minimum absolute atomic E-state index is 0.242. The highest BCUT2D eigenvalue weighted by atomic mass is 16.5. The number of carbonyl (C=O) groups is 3. The number of morpholine rings is 1. The van der Waals surface area contributed by atoms with Crippen molar-refractivity contribution >= 4 is 23.5 Å². The molecular weight excluding hydrogens is 326 g/mol. The third kappa shape index (κ3) is 6.17. The van der Waals surface area contributed by atoms with Gasteiger partial charge in [-0.15, -0.1) is 0 Å². The summed E-state index contributed by atoms with van der Waals surface area (Å²) in [6.07, 6.45) is -0.307. The Balaban J connectivity index is 1.76. The predicted octanol–water partition coefficient (Wildman–Crippen LogP) is 0.250. The summed E-state index contributed by atoms with van der Waals surface area (Å²) in [5, 5.41) is 5.29. The summed E-state index contributed by atoms with van der Waals surface area (Å²) >= 11 is 0. The van der Waals surface area contributed by atoms with E-state index in [4.69, 9.17) is 4.74 Å². The number of anilines is 1. The van der Waals surface area contributed by atoms with E-state index >= 15 is 0 Å². The third-order valence-corrected chi connectivity index (χ3v) is 3.78. The van der Waals surface area contributed by atoms with Crippen LogP contribution in [0.25, 0.3) is 0 Å². The van der Waals surface area contributed by atoms with Crippen LogP contribution in [0.3, 0.4) is 0 Å². The van der Waals surface area contributed by atoms with E-state index in [0.717, 1.165) is 19.6 Å². The van der Waals surface area contributed by atoms with Crippen molar-refractivity contribution in [1.82, 2.24) is 10.2 Å². The van der Waals surface area contributed by atoms with E-state index in [1.807, 2.05) is 0 Å². The standard InChI is InChI=1S/C17H23N3O5/c1-24-17(23)13-4-2-3-5-14(13)19-16(22)12-15(21)18-6-7-20-8-10-25-11-9-20/h2-5H,6-12H2,1H3,(H,18,21)(H,19,22). The second-order valence-electron chi connectivity index (χ2n) is 5.57. The van der Waals surface area contributed by atoms with Crippen LogP contribution in [0.1, 0.15) is 16.8 Å². The van der Waals surface area contributed by atoms with Gasteiger partial charge in [-0.2, -0.15) is 0 Å². The Morgan fingerprint density at radius 3 is 2.60 bits per heavy atom. The fraction of sp³-hybridized carbons (Fsp3) is 0.471. The van der Waals surface area contributed by atoms with Crippen LogP contribution in [-0.4, -0.2) is 69.2 Å². The Labute approximate surface area is 146 Å². The number of ether oxygens (including phenoxy) is 2. The van der Waals surface area contributed by atoms with E-state index in [0.29, 0.717) is 25.4 Å². The first-order valence-corrected chi connectivity index (χ1v) is 8.14. The molecule has 2 N–H and O–H groups in total. The molecule has 25 heavy (non-hydrogen) atoms. The lowest BCUT2D eigenvalue weighted by Crippen LogP contribution is -2.41. The van der Waals surface area contributed by atoms with Crippen molar-refractivity contribution in [2.24, 2.45) is 0 Å². The number of nitrogens with one attached hydrogen (secondary N) is 2. The lowest BCUT2D eigenvalue weighted by molar-refractivity contribution is -0.126. The van der Waals surface area contributed by atoms with Crippen LogP contribution in [0.2, 0.25) is 0 Å². The molecule has 1 aromatic carbocycles. The summed E-state index contributed by atoms with van der Waals surface area (Å²) in [5.41, 5.74) is 0.562. The number of methoxy groups -OCH3 is 1. The topological polar surface area (TPSA) is 97.0 Å². The number of carbonyl (C=O) groups excluding carboxylic acids is 3. The zero-order valence-corrected chi connectivity index (χ0v) is 14.2. The molecule has 0 spiro atoms. The number of rotatable bonds is 7. The molecule has 1 aromatic rings. The minimum Gasteiger partial charge on any atom is -0.465 e. The van der Waals surface area contributed by atoms with Gasteiger partial charge in [-0.25, -0.2) is 4.79 Å². The van der Waals surface area contributed by atoms with E-state index in [1.165, 1.54) is 7.11 Å². The molecule has 0 aliphatic carbocycles. The van der Waals surface area contributed by atoms with Gasteiger partial charge in [0.15, 0.2) is 0 Å². The number of esters is 1. The molecule has 0 aromatic heterocycles. The van der Waals surface area contributed by atoms with Gasteiger partial charge in [-0.3, -0.25) is 14.5 Å². The summed E-state index contributed by atoms with van der Waals surface area (Å²) in [4.78, 5) is 37.7. The zero-order valence-electron chi connectivity index (χ0n) is 14.2. The van der Waals surface area contributed by atoms with Crippen LogP contribution in [-0.2, 0) is 19.1 Å². The Morgan fingerprint density at radius 2 is 1.88 bits per heavy atom. The quantitative estimate of drug-likeness (QED) is 0.541. The molecule has 1 heterocycles. The van der Waals surface area contributed by atoms with Crippen molar-refractivity contribution in [2.75, 3.05) is 51.8 Å². The normalized spacial score (nSPS) is 14.6. The van der Waals surface area contributed by atoms with E-state index in [2.05, 4.69) is 20.3 Å². The SMILES string of the molecule is COC(=O)c1ccccc1NC(=O)CC(=O)NCCN1CCOCC1. The average molecular weight is 349 g/mol. The molecular formula is C17H23N3O5. The Hall–Kier alpha value is -2.45. The highest BCUT2D eigenvalue weighted by Gasteiger charge is 2.15. The fourth-order valence-corrected chi connectivity index (χ4v) is 2.46. The van der Waals surface area contributed by atoms with Gasteiger partial charge in [0.2, 0.25) is 11.8 Å². The second kappa shape index (κ2) is 9.75. The maximum atomic E-state index is 12.0. The van der Waals surface area contributed by atoms with E-state index in [9.17, 15) is 14.4 Å². The van der Waals surface area contributed by atoms with Crippen molar-refractivity contribution in [1.29, 1.82) is 0 Å². The predicted molar refractivity (Wildman–Crippen MR) is 91.3 cm³/mol. The Morgan fingerprint density at radius 1 is 1.16 bits per heavy atom. The largest absolute Gasteiger partial charge is 0.465 e. The molecule has 1 aliphatic rings. The van der Waals surface area contributed by atoms with Gasteiger partial charge in [-0.05, 0) is 12.1 Å². The van der Waals surface area contributed by atoms with E-state index in [1.54, 1.807) is 24.3 Å². The summed E-state index contributed by atoms with van der Waals surface area (Å²) in [5.74, 6) is -1.40. The molecule has 0 atom stereocenters. The molecule has 1 saturated heterocycles. The molecule has 1 aliphatic heterocycles. The number of benzene rings is 1. The summed E-state index contributed by atoms with van der Waals surface area (Å²) in [6.45, 7) is 4.31. The number of amides is 2. The van der Waals surface area contributed by atoms with Crippen LogP contribution < -0.4 is 10.6 Å². The first-order chi connectivity index (χ1) is 12.1. The number of hydrogen-bond acceptors (Lipinski definition) is 6. The Bertz CT molecular complexity index is 614. The summed E-state index contributed by atoms with van der Waals surface area (Å²) in [7, 11) is 1.27. The van der Waals surface area contributed by atoms with Crippen molar-refractivity contribution in [2.45, 2.75) is 6.42 Å². The highest BCUT2D eigenvalue weighted by Crippen LogP contribution is 2.16. The number of hydrogen-bond donors (Lipinski definition) is 2. The van der Waals surface area contributed by atoms with Crippen molar-refractivity contribution in [3.63, 3.8) is 0 Å². The van der Waals surface area contributed by atoms with Crippen LogP contribution >= 0.6 is 0 Å². The monoisotopic (exact) mass is 349 g/mol. The molecule has 136 valence electrons. The van der Waals surface area contributed by atoms with Crippen LogP contribution in [0.5, 0.6) is 0 Å². The molecule has 2 amide bonds. The number of para-hydroxylation sites is 1. The van der Waals surface area contributed by atoms with Crippen LogP contribution in [0.4, 0.5) is 5.69 Å². The maximum absolute atomic E-state index is 12.0. The van der Waals surface area contributed by atoms with Gasteiger partial charge in [0, 0.05) is 26.2 Å². The van der Waals surface area contributed by atoms with Gasteiger partial charge >= 0.3 is 5.97 Å². The zero-order chi connectivity index (χ0) is 18.1. The molecule has 0 unspecified atom stereocenters. The molecule has 1 fully saturated rings. The first kappa shape index (κ1) is 18.9. The Kier molecular flexibility index (Phi) is 7.36. The van der Waals surface area contributed by atoms with Crippen molar-refractivity contribution in [3.8, 4) is 0 Å². The fourth-order valence-electron chi connectivity index (χ4n) is 2.46. The molecule has 8 heteroatoms. The van der Waals surface area contributed by atoms with Crippen LogP contribution in [0, 0.1) is 0 Å². The van der Waals surface area contributed by atoms with Gasteiger partial charge in [-0.1, -0.05) is 12.1 Å². The van der Waals surface area contributed by atoms with Gasteiger partial charge in [0.05, 0.1) is 31.6 Å². The highest BCUT2D eigenvalue weighted by molar-refractivity contribution is 6.06. The minimum atomic E-state index is -0.550. The number of nitrogens with zero attached hydrogens (tertiary/aromatic N) is 1. The van der Waals surface area contributed by atoms with Gasteiger partial charge in [0.25, 0.3) is 0 Å². The summed E-state index contributed by atoms with van der Waals surface area (Å²) < 4.78 is 9.92. The lowest BCUT2D eigenvalue weighted by atomic mass is 10.1.